The minimum absolute atomic E-state index is 0.0251. The van der Waals surface area contributed by atoms with Gasteiger partial charge in [0.2, 0.25) is 53.2 Å². The van der Waals surface area contributed by atoms with Crippen LogP contribution in [0.15, 0.2) is 50.7 Å². The van der Waals surface area contributed by atoms with Crippen molar-refractivity contribution in [3.8, 4) is 0 Å². The Labute approximate surface area is 498 Å². The first kappa shape index (κ1) is 66.4. The number of aliphatic hydroxyl groups is 2. The van der Waals surface area contributed by atoms with Crippen LogP contribution in [0.3, 0.4) is 0 Å². The van der Waals surface area contributed by atoms with Crippen molar-refractivity contribution in [1.82, 2.24) is 41.7 Å². The molecule has 10 atom stereocenters. The molecule has 1 unspecified atom stereocenters. The van der Waals surface area contributed by atoms with E-state index in [1.54, 1.807) is 35.7 Å². The van der Waals surface area contributed by atoms with Gasteiger partial charge in [0.1, 0.15) is 48.3 Å². The van der Waals surface area contributed by atoms with E-state index in [0.29, 0.717) is 34.5 Å². The van der Waals surface area contributed by atoms with Gasteiger partial charge in [0.05, 0.1) is 31.0 Å². The number of hydrogen-bond donors (Lipinski definition) is 16. The molecule has 0 saturated carbocycles. The molecule has 0 spiro atoms. The van der Waals surface area contributed by atoms with Gasteiger partial charge in [0.25, 0.3) is 0 Å². The number of hydrogen-bond acceptors (Lipinski definition) is 17. The number of anilines is 1. The summed E-state index contributed by atoms with van der Waals surface area (Å²) in [5.41, 5.74) is 40.4. The number of carboxylic acids is 1. The number of carbonyl (C=O) groups excluding carboxylic acids is 9. The summed E-state index contributed by atoms with van der Waals surface area (Å²) in [6.07, 6.45) is 0.480. The third-order valence-electron chi connectivity index (χ3n) is 15.1. The Morgan fingerprint density at radius 3 is 1.95 bits per heavy atom. The third-order valence-corrected chi connectivity index (χ3v) is 16.0. The Morgan fingerprint density at radius 2 is 1.33 bits per heavy atom. The molecule has 0 radical (unpaired) electrons. The molecule has 6 rings (SSSR count). The Balaban J connectivity index is 1.08. The fraction of sp³-hybridized carbons (Fsp3) is 0.566. The average Bonchev–Trinajstić information content (AvgIpc) is 4.51. The second-order valence-electron chi connectivity index (χ2n) is 21.3. The number of likely N-dealkylation sites (tertiary alicyclic amines) is 2. The van der Waals surface area contributed by atoms with Crippen LogP contribution < -0.4 is 76.9 Å². The Kier molecular flexibility index (Phi) is 24.3. The van der Waals surface area contributed by atoms with Crippen molar-refractivity contribution in [1.29, 1.82) is 0 Å². The molecule has 1 aromatic carbocycles. The highest BCUT2D eigenvalue weighted by molar-refractivity contribution is 7.09. The van der Waals surface area contributed by atoms with Crippen LogP contribution in [0.2, 0.25) is 0 Å². The highest BCUT2D eigenvalue weighted by Crippen LogP contribution is 2.39. The number of nitrogens with one attached hydrogen (secondary N) is 6. The first-order chi connectivity index (χ1) is 41.0. The van der Waals surface area contributed by atoms with Gasteiger partial charge in [-0.2, -0.15) is 0 Å². The SMILES string of the molecule is NC(N)=NCCCC(NC(=O)[C@@H]1Cc2cccc3c2N1C(=O)[C@H](NC(=O)[C@H](CO)NC(=O)[C@H](Cc1cccs1)NC(=O)CNC(=O)[C@@H]1[C@H](O)CCN1C(=O)[C@@H]1CCCN1C(=O)[C@H](CCCN=C(N)N)NC(=O)[C@H](N)CCCN=C(N)N)CC3)C(=O)O. The summed E-state index contributed by atoms with van der Waals surface area (Å²) < 4.78 is 0. The summed E-state index contributed by atoms with van der Waals surface area (Å²) >= 11 is 1.25. The number of thiophene rings is 1. The van der Waals surface area contributed by atoms with E-state index >= 15 is 0 Å². The molecule has 4 aliphatic heterocycles. The van der Waals surface area contributed by atoms with Gasteiger partial charge in [-0.1, -0.05) is 24.3 Å². The molecule has 1 aromatic heterocycles. The van der Waals surface area contributed by atoms with Crippen molar-refractivity contribution in [2.75, 3.05) is 50.8 Å². The summed E-state index contributed by atoms with van der Waals surface area (Å²) in [5, 5.41) is 48.5. The number of carbonyl (C=O) groups is 10. The maximum Gasteiger partial charge on any atom is 0.326 e. The molecular weight excluding hydrogens is 1140 g/mol. The fourth-order valence-corrected chi connectivity index (χ4v) is 11.6. The molecular formula is C53H79N19O13S. The topological polar surface area (TPSA) is 533 Å². The van der Waals surface area contributed by atoms with Crippen LogP contribution in [0.25, 0.3) is 0 Å². The molecule has 2 saturated heterocycles. The van der Waals surface area contributed by atoms with E-state index in [4.69, 9.17) is 40.1 Å². The molecule has 0 bridgehead atoms. The van der Waals surface area contributed by atoms with E-state index in [9.17, 15) is 63.3 Å². The van der Waals surface area contributed by atoms with E-state index in [1.165, 1.54) is 21.1 Å². The zero-order valence-corrected chi connectivity index (χ0v) is 48.3. The Bertz CT molecular complexity index is 2880. The molecule has 33 heteroatoms. The van der Waals surface area contributed by atoms with Crippen molar-refractivity contribution in [2.24, 2.45) is 55.1 Å². The predicted octanol–water partition coefficient (Wildman–Crippen LogP) is -6.75. The van der Waals surface area contributed by atoms with Gasteiger partial charge >= 0.3 is 5.97 Å². The number of nitrogens with two attached hydrogens (primary N) is 7. The maximum atomic E-state index is 14.5. The molecule has 86 heavy (non-hydrogen) atoms. The van der Waals surface area contributed by atoms with Crippen LogP contribution in [-0.2, 0) is 67.2 Å². The van der Waals surface area contributed by atoms with Gasteiger partial charge in [-0.3, -0.25) is 63.0 Å². The van der Waals surface area contributed by atoms with Gasteiger partial charge < -0.3 is 97.2 Å². The van der Waals surface area contributed by atoms with Crippen LogP contribution in [-0.4, -0.2) is 208 Å². The van der Waals surface area contributed by atoms with E-state index in [-0.39, 0.29) is 121 Å². The lowest BCUT2D eigenvalue weighted by atomic mass is 10.0. The zero-order valence-electron chi connectivity index (χ0n) is 47.4. The molecule has 2 aromatic rings. The van der Waals surface area contributed by atoms with Crippen LogP contribution in [0.4, 0.5) is 5.69 Å². The minimum Gasteiger partial charge on any atom is -0.480 e. The number of rotatable bonds is 30. The summed E-state index contributed by atoms with van der Waals surface area (Å²) in [7, 11) is 0. The molecule has 9 amide bonds. The highest BCUT2D eigenvalue weighted by atomic mass is 32.1. The molecule has 0 aliphatic carbocycles. The second kappa shape index (κ2) is 31.4. The summed E-state index contributed by atoms with van der Waals surface area (Å²) in [5.74, 6) is -8.85. The summed E-state index contributed by atoms with van der Waals surface area (Å²) in [6.45, 7) is -1.22. The largest absolute Gasteiger partial charge is 0.480 e. The third kappa shape index (κ3) is 17.9. The smallest absolute Gasteiger partial charge is 0.326 e. The number of amides is 9. The van der Waals surface area contributed by atoms with Gasteiger partial charge in [-0.25, -0.2) is 4.79 Å². The van der Waals surface area contributed by atoms with Crippen molar-refractivity contribution in [3.05, 3.63) is 51.7 Å². The number of guanidine groups is 3. The number of para-hydroxylation sites is 1. The fourth-order valence-electron chi connectivity index (χ4n) is 10.8. The molecule has 2 fully saturated rings. The second-order valence-corrected chi connectivity index (χ2v) is 22.3. The lowest BCUT2D eigenvalue weighted by molar-refractivity contribution is -0.149. The number of aliphatic imine (C=N–C) groups is 3. The normalized spacial score (nSPS) is 20.3. The Hall–Kier alpha value is -8.69. The zero-order chi connectivity index (χ0) is 62.8. The molecule has 32 nitrogen and oxygen atoms in total. The highest BCUT2D eigenvalue weighted by Gasteiger charge is 2.48. The van der Waals surface area contributed by atoms with Crippen LogP contribution >= 0.6 is 11.3 Å². The summed E-state index contributed by atoms with van der Waals surface area (Å²) in [6, 6.07) is -3.04. The van der Waals surface area contributed by atoms with Crippen molar-refractivity contribution in [3.63, 3.8) is 0 Å². The number of benzene rings is 1. The van der Waals surface area contributed by atoms with Crippen molar-refractivity contribution in [2.45, 2.75) is 144 Å². The van der Waals surface area contributed by atoms with Gasteiger partial charge in [0, 0.05) is 50.4 Å². The standard InChI is InChI=1S/C53H79N19O13S/c54-30(10-2-17-61-51(55)56)42(76)66-31(11-3-18-62-52(57)58)47(81)70-20-5-13-36(70)49(83)71-21-16-38(74)41(71)46(80)64-25-39(75)65-34(24-29-9-6-22-86-29)43(77)69-35(26-73)44(78)67-32-15-14-27-7-1-8-28-23-37(72(40(27)28)48(32)82)45(79)68-33(50(84)85)12-4-19-63-53(59)60/h1,6-9,22,30-38,41,73-74H,2-5,10-21,23-26,54H2,(H,64,80)(H,65,75)(H,66,76)(H,67,78)(H,68,79)(H,69,77)(H,84,85)(H4,55,56,61)(H4,57,58,62)(H4,59,60,63)/t30-,31+,32-,33?,34+,35+,36+,37+,38-,41+/m1/s1. The van der Waals surface area contributed by atoms with E-state index < -0.39 is 133 Å². The molecule has 5 heterocycles. The van der Waals surface area contributed by atoms with Gasteiger partial charge in [-0.05, 0) is 93.2 Å². The van der Waals surface area contributed by atoms with Crippen molar-refractivity contribution < 1.29 is 63.3 Å². The molecule has 23 N–H and O–H groups in total. The molecule has 470 valence electrons. The van der Waals surface area contributed by atoms with Crippen LogP contribution in [0, 0.1) is 0 Å². The number of aryl methyl sites for hydroxylation is 1. The van der Waals surface area contributed by atoms with Crippen LogP contribution in [0.1, 0.15) is 80.2 Å². The maximum absolute atomic E-state index is 14.5. The summed E-state index contributed by atoms with van der Waals surface area (Å²) in [4.78, 5) is 154. The average molecular weight is 1220 g/mol. The van der Waals surface area contributed by atoms with Crippen molar-refractivity contribution >= 4 is 94.0 Å². The van der Waals surface area contributed by atoms with E-state index in [2.05, 4.69) is 46.9 Å². The van der Waals surface area contributed by atoms with E-state index in [1.807, 2.05) is 0 Å². The lowest BCUT2D eigenvalue weighted by Crippen LogP contribution is -2.60. The Morgan fingerprint density at radius 1 is 0.686 bits per heavy atom. The number of aliphatic hydroxyl groups excluding tert-OH is 2. The van der Waals surface area contributed by atoms with Crippen LogP contribution in [0.5, 0.6) is 0 Å². The first-order valence-electron chi connectivity index (χ1n) is 28.3. The quantitative estimate of drug-likeness (QED) is 0.0196. The monoisotopic (exact) mass is 1220 g/mol. The number of aliphatic carboxylic acids is 1. The minimum atomic E-state index is -1.68. The first-order valence-corrected chi connectivity index (χ1v) is 29.2. The lowest BCUT2D eigenvalue weighted by Gasteiger charge is -2.33. The number of carboxylic acid groups (broad SMARTS) is 1. The van der Waals surface area contributed by atoms with Gasteiger partial charge in [0.15, 0.2) is 17.9 Å². The molecule has 4 aliphatic rings. The van der Waals surface area contributed by atoms with E-state index in [0.717, 1.165) is 4.90 Å². The predicted molar refractivity (Wildman–Crippen MR) is 314 cm³/mol. The van der Waals surface area contributed by atoms with Gasteiger partial charge in [-0.15, -0.1) is 11.3 Å². The number of nitrogens with zero attached hydrogens (tertiary/aromatic N) is 6.